The molecule has 0 aliphatic carbocycles. The highest BCUT2D eigenvalue weighted by Crippen LogP contribution is 2.30. The minimum absolute atomic E-state index is 0.0578. The van der Waals surface area contributed by atoms with E-state index in [0.29, 0.717) is 12.1 Å². The Morgan fingerprint density at radius 2 is 2.00 bits per heavy atom. The van der Waals surface area contributed by atoms with Crippen molar-refractivity contribution in [1.29, 1.82) is 5.26 Å². The molecule has 0 saturated heterocycles. The van der Waals surface area contributed by atoms with Crippen LogP contribution in [0.3, 0.4) is 0 Å². The second-order valence-electron chi connectivity index (χ2n) is 5.51. The second kappa shape index (κ2) is 7.99. The molecule has 2 unspecified atom stereocenters. The SMILES string of the molecule is CCNC(C)c1cc(F)c(C)cc1N(CC)CC(C)C#N. The molecule has 0 radical (unpaired) electrons. The van der Waals surface area contributed by atoms with Crippen molar-refractivity contribution in [3.8, 4) is 6.07 Å². The van der Waals surface area contributed by atoms with E-state index in [1.54, 1.807) is 13.0 Å². The molecule has 21 heavy (non-hydrogen) atoms. The predicted octanol–water partition coefficient (Wildman–Crippen LogP) is 3.79. The van der Waals surface area contributed by atoms with Gasteiger partial charge in [-0.25, -0.2) is 4.39 Å². The van der Waals surface area contributed by atoms with Gasteiger partial charge in [0.05, 0.1) is 12.0 Å². The first-order valence-corrected chi connectivity index (χ1v) is 7.62. The van der Waals surface area contributed by atoms with E-state index in [-0.39, 0.29) is 17.8 Å². The van der Waals surface area contributed by atoms with Crippen molar-refractivity contribution in [2.45, 2.75) is 40.7 Å². The Hall–Kier alpha value is -1.60. The van der Waals surface area contributed by atoms with E-state index in [4.69, 9.17) is 5.26 Å². The van der Waals surface area contributed by atoms with Crippen LogP contribution in [0.25, 0.3) is 0 Å². The van der Waals surface area contributed by atoms with Crippen molar-refractivity contribution < 1.29 is 4.39 Å². The Labute approximate surface area is 127 Å². The summed E-state index contributed by atoms with van der Waals surface area (Å²) in [5, 5.41) is 12.4. The van der Waals surface area contributed by atoms with Gasteiger partial charge < -0.3 is 10.2 Å². The molecule has 2 atom stereocenters. The lowest BCUT2D eigenvalue weighted by molar-refractivity contribution is 0.575. The fraction of sp³-hybridized carbons (Fsp3) is 0.588. The van der Waals surface area contributed by atoms with Gasteiger partial charge in [0, 0.05) is 24.8 Å². The molecule has 116 valence electrons. The zero-order valence-corrected chi connectivity index (χ0v) is 13.7. The topological polar surface area (TPSA) is 39.1 Å². The van der Waals surface area contributed by atoms with E-state index < -0.39 is 0 Å². The largest absolute Gasteiger partial charge is 0.370 e. The second-order valence-corrected chi connectivity index (χ2v) is 5.51. The van der Waals surface area contributed by atoms with Gasteiger partial charge in [0.25, 0.3) is 0 Å². The van der Waals surface area contributed by atoms with E-state index in [1.807, 2.05) is 26.8 Å². The average Bonchev–Trinajstić information content (AvgIpc) is 2.47. The number of hydrogen-bond donors (Lipinski definition) is 1. The van der Waals surface area contributed by atoms with Gasteiger partial charge in [-0.15, -0.1) is 0 Å². The molecule has 3 nitrogen and oxygen atoms in total. The number of aryl methyl sites for hydroxylation is 1. The molecule has 0 aliphatic heterocycles. The normalized spacial score (nSPS) is 13.6. The molecule has 0 bridgehead atoms. The Morgan fingerprint density at radius 1 is 1.33 bits per heavy atom. The molecule has 1 aromatic carbocycles. The third-order valence-electron chi connectivity index (χ3n) is 3.72. The Balaban J connectivity index is 3.24. The summed E-state index contributed by atoms with van der Waals surface area (Å²) in [7, 11) is 0. The maximum Gasteiger partial charge on any atom is 0.126 e. The van der Waals surface area contributed by atoms with Crippen LogP contribution in [-0.2, 0) is 0 Å². The summed E-state index contributed by atoms with van der Waals surface area (Å²) >= 11 is 0. The van der Waals surface area contributed by atoms with Gasteiger partial charge in [-0.05, 0) is 57.5 Å². The zero-order valence-electron chi connectivity index (χ0n) is 13.7. The smallest absolute Gasteiger partial charge is 0.126 e. The maximum atomic E-state index is 14.0. The molecule has 0 aliphatic rings. The lowest BCUT2D eigenvalue weighted by atomic mass is 10.0. The summed E-state index contributed by atoms with van der Waals surface area (Å²) in [5.74, 6) is -0.236. The molecule has 4 heteroatoms. The summed E-state index contributed by atoms with van der Waals surface area (Å²) in [4.78, 5) is 2.16. The van der Waals surface area contributed by atoms with Crippen molar-refractivity contribution in [2.75, 3.05) is 24.5 Å². The summed E-state index contributed by atoms with van der Waals surface area (Å²) < 4.78 is 14.0. The van der Waals surface area contributed by atoms with Crippen LogP contribution in [0.2, 0.25) is 0 Å². The van der Waals surface area contributed by atoms with Gasteiger partial charge in [-0.1, -0.05) is 6.92 Å². The number of halogens is 1. The Kier molecular flexibility index (Phi) is 6.64. The number of rotatable bonds is 7. The van der Waals surface area contributed by atoms with E-state index in [1.165, 1.54) is 0 Å². The average molecular weight is 291 g/mol. The summed E-state index contributed by atoms with van der Waals surface area (Å²) in [5.41, 5.74) is 2.61. The lowest BCUT2D eigenvalue weighted by Gasteiger charge is -2.29. The number of nitrogens with one attached hydrogen (secondary N) is 1. The van der Waals surface area contributed by atoms with Gasteiger partial charge in [-0.3, -0.25) is 0 Å². The highest BCUT2D eigenvalue weighted by molar-refractivity contribution is 5.57. The third kappa shape index (κ3) is 4.44. The molecule has 0 saturated carbocycles. The number of nitrogens with zero attached hydrogens (tertiary/aromatic N) is 2. The maximum absolute atomic E-state index is 14.0. The zero-order chi connectivity index (χ0) is 16.0. The summed E-state index contributed by atoms with van der Waals surface area (Å²) in [6.07, 6.45) is 0. The van der Waals surface area contributed by atoms with Crippen LogP contribution in [0.4, 0.5) is 10.1 Å². The van der Waals surface area contributed by atoms with Crippen LogP contribution in [0.5, 0.6) is 0 Å². The molecule has 1 rings (SSSR count). The highest BCUT2D eigenvalue weighted by Gasteiger charge is 2.18. The van der Waals surface area contributed by atoms with Crippen molar-refractivity contribution in [2.24, 2.45) is 5.92 Å². The fourth-order valence-corrected chi connectivity index (χ4v) is 2.49. The first-order valence-electron chi connectivity index (χ1n) is 7.62. The first kappa shape index (κ1) is 17.5. The number of anilines is 1. The minimum atomic E-state index is -0.178. The minimum Gasteiger partial charge on any atom is -0.370 e. The van der Waals surface area contributed by atoms with E-state index >= 15 is 0 Å². The van der Waals surface area contributed by atoms with Gasteiger partial charge in [0.1, 0.15) is 5.82 Å². The lowest BCUT2D eigenvalue weighted by Crippen LogP contribution is -2.30. The van der Waals surface area contributed by atoms with Crippen LogP contribution in [0.15, 0.2) is 12.1 Å². The molecule has 1 aromatic rings. The number of benzene rings is 1. The molecular weight excluding hydrogens is 265 g/mol. The van der Waals surface area contributed by atoms with E-state index in [2.05, 4.69) is 23.2 Å². The molecule has 0 heterocycles. The van der Waals surface area contributed by atoms with Crippen LogP contribution >= 0.6 is 0 Å². The molecule has 0 spiro atoms. The molecule has 0 amide bonds. The van der Waals surface area contributed by atoms with Crippen LogP contribution in [-0.4, -0.2) is 19.6 Å². The van der Waals surface area contributed by atoms with E-state index in [0.717, 1.165) is 24.3 Å². The van der Waals surface area contributed by atoms with Crippen molar-refractivity contribution in [1.82, 2.24) is 5.32 Å². The summed E-state index contributed by atoms with van der Waals surface area (Å²) in [6.45, 7) is 12.1. The van der Waals surface area contributed by atoms with Crippen LogP contribution in [0, 0.1) is 30.0 Å². The van der Waals surface area contributed by atoms with Gasteiger partial charge in [-0.2, -0.15) is 5.26 Å². The number of hydrogen-bond acceptors (Lipinski definition) is 3. The number of nitriles is 1. The van der Waals surface area contributed by atoms with Gasteiger partial charge in [0.2, 0.25) is 0 Å². The molecule has 1 N–H and O–H groups in total. The standard InChI is InChI=1S/C17H26FN3/c1-6-20-14(5)15-9-16(18)13(4)8-17(15)21(7-2)11-12(3)10-19/h8-9,12,14,20H,6-7,11H2,1-5H3. The van der Waals surface area contributed by atoms with Crippen molar-refractivity contribution >= 4 is 5.69 Å². The monoisotopic (exact) mass is 291 g/mol. The van der Waals surface area contributed by atoms with Gasteiger partial charge in [0.15, 0.2) is 0 Å². The summed E-state index contributed by atoms with van der Waals surface area (Å²) in [6, 6.07) is 5.86. The third-order valence-corrected chi connectivity index (χ3v) is 3.72. The van der Waals surface area contributed by atoms with Gasteiger partial charge >= 0.3 is 0 Å². The first-order chi connectivity index (χ1) is 9.94. The van der Waals surface area contributed by atoms with Crippen LogP contribution < -0.4 is 10.2 Å². The van der Waals surface area contributed by atoms with Crippen LogP contribution in [0.1, 0.15) is 44.9 Å². The molecular formula is C17H26FN3. The Morgan fingerprint density at radius 3 is 2.52 bits per heavy atom. The fourth-order valence-electron chi connectivity index (χ4n) is 2.49. The predicted molar refractivity (Wildman–Crippen MR) is 85.9 cm³/mol. The molecule has 0 fully saturated rings. The highest BCUT2D eigenvalue weighted by atomic mass is 19.1. The molecule has 0 aromatic heterocycles. The quantitative estimate of drug-likeness (QED) is 0.830. The van der Waals surface area contributed by atoms with Crippen molar-refractivity contribution in [3.05, 3.63) is 29.1 Å². The van der Waals surface area contributed by atoms with E-state index in [9.17, 15) is 4.39 Å². The Bertz CT molecular complexity index is 507. The van der Waals surface area contributed by atoms with Crippen molar-refractivity contribution in [3.63, 3.8) is 0 Å².